The maximum atomic E-state index is 10.6. The lowest BCUT2D eigenvalue weighted by molar-refractivity contribution is -0.122. The van der Waals surface area contributed by atoms with Gasteiger partial charge >= 0.3 is 0 Å². The molecular formula is C6H11NO2. The molecule has 1 rings (SSSR count). The molecule has 0 bridgehead atoms. The molecule has 1 fully saturated rings. The van der Waals surface area contributed by atoms with Gasteiger partial charge in [0.1, 0.15) is 0 Å². The summed E-state index contributed by atoms with van der Waals surface area (Å²) in [5.74, 6) is 0.0208. The molecule has 0 saturated carbocycles. The monoisotopic (exact) mass is 129 g/mol. The lowest BCUT2D eigenvalue weighted by Gasteiger charge is -2.05. The number of primary amides is 1. The van der Waals surface area contributed by atoms with Crippen molar-refractivity contribution >= 4 is 5.91 Å². The van der Waals surface area contributed by atoms with Crippen molar-refractivity contribution in [1.82, 2.24) is 0 Å². The number of hydrogen-bond donors (Lipinski definition) is 1. The zero-order valence-electron chi connectivity index (χ0n) is 5.46. The summed E-state index contributed by atoms with van der Waals surface area (Å²) in [5, 5.41) is 0. The molecule has 3 heteroatoms. The Kier molecular flexibility index (Phi) is 1.71. The summed E-state index contributed by atoms with van der Waals surface area (Å²) in [4.78, 5) is 10.6. The molecule has 2 unspecified atom stereocenters. The number of ether oxygens (including phenoxy) is 1. The van der Waals surface area contributed by atoms with Crippen LogP contribution in [-0.4, -0.2) is 19.1 Å². The molecule has 52 valence electrons. The largest absolute Gasteiger partial charge is 0.380 e. The van der Waals surface area contributed by atoms with Crippen LogP contribution in [0.1, 0.15) is 6.92 Å². The van der Waals surface area contributed by atoms with E-state index >= 15 is 0 Å². The van der Waals surface area contributed by atoms with Gasteiger partial charge in [0.2, 0.25) is 5.91 Å². The van der Waals surface area contributed by atoms with Crippen LogP contribution in [0.4, 0.5) is 0 Å². The average Bonchev–Trinajstić information content (AvgIpc) is 2.13. The molecular weight excluding hydrogens is 118 g/mol. The SMILES string of the molecule is CC1COCC1C(N)=O. The van der Waals surface area contributed by atoms with E-state index in [0.717, 1.165) is 0 Å². The Hall–Kier alpha value is -0.570. The lowest BCUT2D eigenvalue weighted by atomic mass is 9.98. The van der Waals surface area contributed by atoms with Gasteiger partial charge in [-0.1, -0.05) is 6.92 Å². The lowest BCUT2D eigenvalue weighted by Crippen LogP contribution is -2.27. The van der Waals surface area contributed by atoms with Crippen LogP contribution >= 0.6 is 0 Å². The van der Waals surface area contributed by atoms with E-state index in [-0.39, 0.29) is 11.8 Å². The third kappa shape index (κ3) is 1.21. The average molecular weight is 129 g/mol. The van der Waals surface area contributed by atoms with E-state index in [1.54, 1.807) is 0 Å². The smallest absolute Gasteiger partial charge is 0.223 e. The van der Waals surface area contributed by atoms with E-state index in [4.69, 9.17) is 10.5 Å². The highest BCUT2D eigenvalue weighted by Crippen LogP contribution is 2.18. The van der Waals surface area contributed by atoms with E-state index < -0.39 is 0 Å². The van der Waals surface area contributed by atoms with Gasteiger partial charge in [-0.25, -0.2) is 0 Å². The second kappa shape index (κ2) is 2.35. The summed E-state index contributed by atoms with van der Waals surface area (Å²) in [6.07, 6.45) is 0. The molecule has 0 aromatic heterocycles. The number of rotatable bonds is 1. The summed E-state index contributed by atoms with van der Waals surface area (Å²) >= 11 is 0. The predicted octanol–water partition coefficient (Wildman–Crippen LogP) is -0.246. The van der Waals surface area contributed by atoms with Crippen molar-refractivity contribution in [2.75, 3.05) is 13.2 Å². The molecule has 1 amide bonds. The van der Waals surface area contributed by atoms with Crippen LogP contribution in [0.15, 0.2) is 0 Å². The number of carbonyl (C=O) groups is 1. The molecule has 9 heavy (non-hydrogen) atoms. The molecule has 1 aliphatic rings. The topological polar surface area (TPSA) is 52.3 Å². The predicted molar refractivity (Wildman–Crippen MR) is 32.7 cm³/mol. The maximum Gasteiger partial charge on any atom is 0.223 e. The first-order valence-electron chi connectivity index (χ1n) is 3.09. The quantitative estimate of drug-likeness (QED) is 0.531. The zero-order valence-corrected chi connectivity index (χ0v) is 5.46. The van der Waals surface area contributed by atoms with Crippen molar-refractivity contribution in [1.29, 1.82) is 0 Å². The van der Waals surface area contributed by atoms with Crippen molar-refractivity contribution in [2.24, 2.45) is 17.6 Å². The van der Waals surface area contributed by atoms with E-state index in [0.29, 0.717) is 19.1 Å². The molecule has 2 atom stereocenters. The Labute approximate surface area is 54.2 Å². The number of amides is 1. The van der Waals surface area contributed by atoms with Crippen molar-refractivity contribution in [3.8, 4) is 0 Å². The molecule has 2 N–H and O–H groups in total. The van der Waals surface area contributed by atoms with Gasteiger partial charge in [-0.05, 0) is 5.92 Å². The number of hydrogen-bond acceptors (Lipinski definition) is 2. The van der Waals surface area contributed by atoms with Crippen LogP contribution in [0.25, 0.3) is 0 Å². The van der Waals surface area contributed by atoms with Crippen molar-refractivity contribution in [2.45, 2.75) is 6.92 Å². The van der Waals surface area contributed by atoms with E-state index in [1.165, 1.54) is 0 Å². The molecule has 0 radical (unpaired) electrons. The van der Waals surface area contributed by atoms with Gasteiger partial charge in [-0.15, -0.1) is 0 Å². The molecule has 0 aromatic rings. The van der Waals surface area contributed by atoms with Gasteiger partial charge in [0.15, 0.2) is 0 Å². The molecule has 1 saturated heterocycles. The zero-order chi connectivity index (χ0) is 6.85. The summed E-state index contributed by atoms with van der Waals surface area (Å²) < 4.78 is 5.03. The van der Waals surface area contributed by atoms with Crippen molar-refractivity contribution in [3.05, 3.63) is 0 Å². The molecule has 1 aliphatic heterocycles. The molecule has 0 spiro atoms. The first-order valence-corrected chi connectivity index (χ1v) is 3.09. The minimum Gasteiger partial charge on any atom is -0.380 e. The van der Waals surface area contributed by atoms with Gasteiger partial charge in [-0.3, -0.25) is 4.79 Å². The summed E-state index contributed by atoms with van der Waals surface area (Å²) in [7, 11) is 0. The van der Waals surface area contributed by atoms with Gasteiger partial charge in [0.25, 0.3) is 0 Å². The fourth-order valence-electron chi connectivity index (χ4n) is 1.02. The minimum absolute atomic E-state index is 0.0509. The highest BCUT2D eigenvalue weighted by molar-refractivity contribution is 5.77. The van der Waals surface area contributed by atoms with Crippen LogP contribution in [0.5, 0.6) is 0 Å². The van der Waals surface area contributed by atoms with Crippen LogP contribution in [0.2, 0.25) is 0 Å². The van der Waals surface area contributed by atoms with Gasteiger partial charge in [0.05, 0.1) is 12.5 Å². The van der Waals surface area contributed by atoms with E-state index in [2.05, 4.69) is 0 Å². The molecule has 3 nitrogen and oxygen atoms in total. The summed E-state index contributed by atoms with van der Waals surface area (Å²) in [5.41, 5.74) is 5.07. The second-order valence-corrected chi connectivity index (χ2v) is 2.52. The van der Waals surface area contributed by atoms with Crippen molar-refractivity contribution in [3.63, 3.8) is 0 Å². The highest BCUT2D eigenvalue weighted by atomic mass is 16.5. The standard InChI is InChI=1S/C6H11NO2/c1-4-2-9-3-5(4)6(7)8/h4-5H,2-3H2,1H3,(H2,7,8). The van der Waals surface area contributed by atoms with Crippen LogP contribution in [0.3, 0.4) is 0 Å². The number of nitrogens with two attached hydrogens (primary N) is 1. The Morgan fingerprint density at radius 1 is 1.67 bits per heavy atom. The van der Waals surface area contributed by atoms with Crippen LogP contribution in [-0.2, 0) is 9.53 Å². The first-order chi connectivity index (χ1) is 4.22. The Balaban J connectivity index is 2.49. The third-order valence-corrected chi connectivity index (χ3v) is 1.73. The molecule has 0 aromatic carbocycles. The second-order valence-electron chi connectivity index (χ2n) is 2.52. The molecule has 0 aliphatic carbocycles. The van der Waals surface area contributed by atoms with Crippen LogP contribution < -0.4 is 5.73 Å². The van der Waals surface area contributed by atoms with E-state index in [1.807, 2.05) is 6.92 Å². The van der Waals surface area contributed by atoms with Crippen LogP contribution in [0, 0.1) is 11.8 Å². The molecule has 1 heterocycles. The Morgan fingerprint density at radius 2 is 2.33 bits per heavy atom. The maximum absolute atomic E-state index is 10.6. The fourth-order valence-corrected chi connectivity index (χ4v) is 1.02. The van der Waals surface area contributed by atoms with Crippen molar-refractivity contribution < 1.29 is 9.53 Å². The number of carbonyl (C=O) groups excluding carboxylic acids is 1. The Morgan fingerprint density at radius 3 is 2.56 bits per heavy atom. The first kappa shape index (κ1) is 6.55. The fraction of sp³-hybridized carbons (Fsp3) is 0.833. The summed E-state index contributed by atoms with van der Waals surface area (Å²) in [6, 6.07) is 0. The Bertz CT molecular complexity index is 124. The van der Waals surface area contributed by atoms with E-state index in [9.17, 15) is 4.79 Å². The van der Waals surface area contributed by atoms with Gasteiger partial charge < -0.3 is 10.5 Å². The van der Waals surface area contributed by atoms with Gasteiger partial charge in [-0.2, -0.15) is 0 Å². The minimum atomic E-state index is -0.236. The van der Waals surface area contributed by atoms with Gasteiger partial charge in [0, 0.05) is 6.61 Å². The normalized spacial score (nSPS) is 34.8. The highest BCUT2D eigenvalue weighted by Gasteiger charge is 2.28. The third-order valence-electron chi connectivity index (χ3n) is 1.73. The summed E-state index contributed by atoms with van der Waals surface area (Å²) in [6.45, 7) is 3.16.